The topological polar surface area (TPSA) is 99.4 Å². The first-order valence-corrected chi connectivity index (χ1v) is 12.2. The van der Waals surface area contributed by atoms with Crippen molar-refractivity contribution in [1.29, 1.82) is 5.26 Å². The summed E-state index contributed by atoms with van der Waals surface area (Å²) in [5.74, 6) is 1.39. The van der Waals surface area contributed by atoms with E-state index < -0.39 is 5.82 Å². The van der Waals surface area contributed by atoms with Gasteiger partial charge < -0.3 is 5.32 Å². The maximum Gasteiger partial charge on any atom is 0.236 e. The molecule has 0 saturated heterocycles. The van der Waals surface area contributed by atoms with Crippen LogP contribution in [0.15, 0.2) is 29.4 Å². The van der Waals surface area contributed by atoms with E-state index in [0.717, 1.165) is 35.8 Å². The zero-order valence-electron chi connectivity index (χ0n) is 18.8. The number of anilines is 1. The largest absolute Gasteiger partial charge is 0.310 e. The fourth-order valence-electron chi connectivity index (χ4n) is 4.39. The summed E-state index contributed by atoms with van der Waals surface area (Å²) in [4.78, 5) is 17.2. The number of aromatic nitrogens is 4. The molecule has 0 aliphatic heterocycles. The second-order valence-corrected chi connectivity index (χ2v) is 9.39. The third-order valence-electron chi connectivity index (χ3n) is 6.26. The molecule has 0 bridgehead atoms. The van der Waals surface area contributed by atoms with Gasteiger partial charge >= 0.3 is 0 Å². The normalized spacial score (nSPS) is 13.9. The van der Waals surface area contributed by atoms with Crippen molar-refractivity contribution in [2.24, 2.45) is 5.92 Å². The molecule has 1 aliphatic rings. The highest BCUT2D eigenvalue weighted by atomic mass is 32.2. The van der Waals surface area contributed by atoms with Crippen LogP contribution >= 0.6 is 11.8 Å². The Hall–Kier alpha value is -3.12. The fraction of sp³-hybridized carbons (Fsp3) is 0.417. The predicted molar refractivity (Wildman–Crippen MR) is 126 cm³/mol. The maximum atomic E-state index is 13.8. The molecule has 7 nitrogen and oxygen atoms in total. The van der Waals surface area contributed by atoms with Gasteiger partial charge in [-0.15, -0.1) is 5.10 Å². The average Bonchev–Trinajstić information content (AvgIpc) is 3.52. The molecule has 2 N–H and O–H groups in total. The molecule has 2 aromatic heterocycles. The number of aryl methyl sites for hydroxylation is 1. The quantitative estimate of drug-likeness (QED) is 0.451. The minimum atomic E-state index is -0.391. The lowest BCUT2D eigenvalue weighted by Crippen LogP contribution is -2.18. The van der Waals surface area contributed by atoms with Crippen LogP contribution in [-0.2, 0) is 11.2 Å². The van der Waals surface area contributed by atoms with Crippen molar-refractivity contribution in [3.05, 3.63) is 52.7 Å². The number of rotatable bonds is 8. The summed E-state index contributed by atoms with van der Waals surface area (Å²) in [5.41, 5.74) is 2.41. The number of halogens is 1. The third-order valence-corrected chi connectivity index (χ3v) is 7.10. The molecule has 1 aromatic carbocycles. The van der Waals surface area contributed by atoms with Crippen LogP contribution in [0.5, 0.6) is 0 Å². The Bertz CT molecular complexity index is 1190. The zero-order valence-corrected chi connectivity index (χ0v) is 19.6. The van der Waals surface area contributed by atoms with Crippen molar-refractivity contribution in [2.75, 3.05) is 11.1 Å². The zero-order chi connectivity index (χ0) is 23.4. The van der Waals surface area contributed by atoms with Crippen molar-refractivity contribution in [3.8, 4) is 11.8 Å². The number of carbonyl (C=O) groups excluding carboxylic acids is 1. The standard InChI is InChI=1S/C24H27FN6OS/c1-15-16(2)31(19-9-5-8-18(25)12-19)23(20(15)13-26)28-22(32)14-33-24-27-21(29-30-24)11-10-17-6-3-4-7-17/h5,8-9,12,17H,3-4,6-7,10-11,14H2,1-2H3,(H,28,32)(H,27,29,30). The molecule has 9 heteroatoms. The summed E-state index contributed by atoms with van der Waals surface area (Å²) in [6.45, 7) is 3.65. The highest BCUT2D eigenvalue weighted by molar-refractivity contribution is 7.99. The van der Waals surface area contributed by atoms with Gasteiger partial charge in [0.1, 0.15) is 23.5 Å². The Morgan fingerprint density at radius 1 is 1.36 bits per heavy atom. The lowest BCUT2D eigenvalue weighted by atomic mass is 10.0. The summed E-state index contributed by atoms with van der Waals surface area (Å²) in [5, 5.41) is 20.2. The Labute approximate surface area is 196 Å². The summed E-state index contributed by atoms with van der Waals surface area (Å²) in [6.07, 6.45) is 7.24. The van der Waals surface area contributed by atoms with Gasteiger partial charge in [-0.25, -0.2) is 9.37 Å². The lowest BCUT2D eigenvalue weighted by molar-refractivity contribution is -0.113. The van der Waals surface area contributed by atoms with Crippen molar-refractivity contribution < 1.29 is 9.18 Å². The van der Waals surface area contributed by atoms with Gasteiger partial charge in [-0.2, -0.15) is 5.26 Å². The fourth-order valence-corrected chi connectivity index (χ4v) is 5.01. The van der Waals surface area contributed by atoms with Crippen LogP contribution in [0.25, 0.3) is 5.69 Å². The van der Waals surface area contributed by atoms with Crippen LogP contribution < -0.4 is 5.32 Å². The van der Waals surface area contributed by atoms with E-state index in [1.54, 1.807) is 16.7 Å². The minimum Gasteiger partial charge on any atom is -0.310 e. The van der Waals surface area contributed by atoms with Crippen LogP contribution in [0.1, 0.15) is 54.7 Å². The van der Waals surface area contributed by atoms with Gasteiger partial charge in [-0.3, -0.25) is 14.5 Å². The number of carbonyl (C=O) groups is 1. The predicted octanol–water partition coefficient (Wildman–Crippen LogP) is 5.08. The van der Waals surface area contributed by atoms with Crippen molar-refractivity contribution in [1.82, 2.24) is 19.7 Å². The molecule has 0 spiro atoms. The van der Waals surface area contributed by atoms with Crippen LogP contribution in [0.2, 0.25) is 0 Å². The van der Waals surface area contributed by atoms with E-state index in [-0.39, 0.29) is 11.7 Å². The van der Waals surface area contributed by atoms with E-state index in [1.807, 2.05) is 13.8 Å². The second kappa shape index (κ2) is 10.2. The average molecular weight is 467 g/mol. The second-order valence-electron chi connectivity index (χ2n) is 8.45. The van der Waals surface area contributed by atoms with E-state index in [1.165, 1.54) is 49.6 Å². The van der Waals surface area contributed by atoms with Crippen LogP contribution in [0.4, 0.5) is 10.2 Å². The first-order chi connectivity index (χ1) is 16.0. The van der Waals surface area contributed by atoms with Crippen molar-refractivity contribution in [3.63, 3.8) is 0 Å². The van der Waals surface area contributed by atoms with Crippen molar-refractivity contribution in [2.45, 2.75) is 57.5 Å². The maximum absolute atomic E-state index is 13.8. The first-order valence-electron chi connectivity index (χ1n) is 11.2. The number of nitriles is 1. The summed E-state index contributed by atoms with van der Waals surface area (Å²) in [7, 11) is 0. The molecular weight excluding hydrogens is 439 g/mol. The molecule has 3 aromatic rings. The van der Waals surface area contributed by atoms with Crippen LogP contribution in [-0.4, -0.2) is 31.4 Å². The van der Waals surface area contributed by atoms with E-state index in [0.29, 0.717) is 22.2 Å². The van der Waals surface area contributed by atoms with Gasteiger partial charge in [0.15, 0.2) is 0 Å². The van der Waals surface area contributed by atoms with E-state index in [2.05, 4.69) is 26.6 Å². The SMILES string of the molecule is Cc1c(C#N)c(NC(=O)CSc2n[nH]c(CCC3CCCC3)n2)n(-c2cccc(F)c2)c1C. The molecule has 1 fully saturated rings. The molecule has 0 unspecified atom stereocenters. The monoisotopic (exact) mass is 466 g/mol. The van der Waals surface area contributed by atoms with Crippen molar-refractivity contribution >= 4 is 23.5 Å². The number of aromatic amines is 1. The molecule has 0 atom stereocenters. The van der Waals surface area contributed by atoms with Gasteiger partial charge in [0.25, 0.3) is 0 Å². The summed E-state index contributed by atoms with van der Waals surface area (Å²) in [6, 6.07) is 8.23. The Morgan fingerprint density at radius 2 is 2.15 bits per heavy atom. The number of hydrogen-bond donors (Lipinski definition) is 2. The van der Waals surface area contributed by atoms with Gasteiger partial charge in [0.2, 0.25) is 11.1 Å². The first kappa shape index (κ1) is 23.1. The smallest absolute Gasteiger partial charge is 0.236 e. The highest BCUT2D eigenvalue weighted by Gasteiger charge is 2.21. The number of thioether (sulfide) groups is 1. The Balaban J connectivity index is 1.42. The van der Waals surface area contributed by atoms with Gasteiger partial charge in [0.05, 0.1) is 17.0 Å². The molecule has 4 rings (SSSR count). The molecule has 172 valence electrons. The number of benzene rings is 1. The molecule has 1 amide bonds. The lowest BCUT2D eigenvalue weighted by Gasteiger charge is -2.13. The van der Waals surface area contributed by atoms with Gasteiger partial charge in [-0.05, 0) is 49.9 Å². The molecular formula is C24H27FN6OS. The Morgan fingerprint density at radius 3 is 2.88 bits per heavy atom. The number of amides is 1. The van der Waals surface area contributed by atoms with Crippen LogP contribution in [0.3, 0.4) is 0 Å². The van der Waals surface area contributed by atoms with E-state index >= 15 is 0 Å². The van der Waals surface area contributed by atoms with Gasteiger partial charge in [-0.1, -0.05) is 43.5 Å². The Kier molecular flexibility index (Phi) is 7.14. The highest BCUT2D eigenvalue weighted by Crippen LogP contribution is 2.31. The molecule has 33 heavy (non-hydrogen) atoms. The summed E-state index contributed by atoms with van der Waals surface area (Å²) < 4.78 is 15.5. The summed E-state index contributed by atoms with van der Waals surface area (Å²) >= 11 is 1.24. The van der Waals surface area contributed by atoms with Gasteiger partial charge in [0, 0.05) is 12.1 Å². The number of H-pyrrole nitrogens is 1. The minimum absolute atomic E-state index is 0.0945. The number of hydrogen-bond acceptors (Lipinski definition) is 5. The molecule has 1 aliphatic carbocycles. The van der Waals surface area contributed by atoms with E-state index in [9.17, 15) is 14.4 Å². The molecule has 0 radical (unpaired) electrons. The van der Waals surface area contributed by atoms with E-state index in [4.69, 9.17) is 0 Å². The number of nitrogens with zero attached hydrogens (tertiary/aromatic N) is 4. The number of nitrogens with one attached hydrogen (secondary N) is 2. The molecule has 2 heterocycles. The van der Waals surface area contributed by atoms with Crippen LogP contribution in [0, 0.1) is 36.9 Å². The third kappa shape index (κ3) is 5.28. The molecule has 1 saturated carbocycles.